The Morgan fingerprint density at radius 3 is 2.42 bits per heavy atom. The minimum absolute atomic E-state index is 0.268. The Kier molecular flexibility index (Phi) is 5.58. The molecule has 0 aliphatic rings. The summed E-state index contributed by atoms with van der Waals surface area (Å²) in [6, 6.07) is 12.7. The first-order valence-electron chi connectivity index (χ1n) is 7.80. The number of nitrogens with two attached hydrogens (primary N) is 1. The molecule has 0 aromatic heterocycles. The van der Waals surface area contributed by atoms with Crippen LogP contribution < -0.4 is 11.1 Å². The van der Waals surface area contributed by atoms with Crippen LogP contribution in [0.15, 0.2) is 42.5 Å². The molecular weight excluding hydrogens is 304 g/mol. The molecule has 0 heterocycles. The molecule has 126 valence electrons. The first-order chi connectivity index (χ1) is 11.4. The number of carbonyl (C=O) groups excluding carboxylic acids is 2. The second-order valence-electron chi connectivity index (χ2n) is 5.94. The van der Waals surface area contributed by atoms with Crippen molar-refractivity contribution in [2.75, 3.05) is 17.7 Å². The van der Waals surface area contributed by atoms with Crippen LogP contribution in [-0.2, 0) is 9.53 Å². The minimum Gasteiger partial charge on any atom is -0.452 e. The Hall–Kier alpha value is -2.82. The fourth-order valence-electron chi connectivity index (χ4n) is 2.22. The Bertz CT molecular complexity index is 737. The molecule has 0 bridgehead atoms. The van der Waals surface area contributed by atoms with E-state index in [9.17, 15) is 9.59 Å². The zero-order valence-corrected chi connectivity index (χ0v) is 14.1. The van der Waals surface area contributed by atoms with Crippen LogP contribution in [0.25, 0.3) is 0 Å². The first-order valence-corrected chi connectivity index (χ1v) is 7.80. The van der Waals surface area contributed by atoms with Gasteiger partial charge in [-0.05, 0) is 42.2 Å². The Morgan fingerprint density at radius 2 is 1.79 bits per heavy atom. The van der Waals surface area contributed by atoms with Gasteiger partial charge in [-0.3, -0.25) is 4.79 Å². The van der Waals surface area contributed by atoms with Crippen LogP contribution in [0, 0.1) is 6.92 Å². The highest BCUT2D eigenvalue weighted by atomic mass is 16.5. The molecule has 0 aliphatic carbocycles. The van der Waals surface area contributed by atoms with Crippen molar-refractivity contribution < 1.29 is 14.3 Å². The van der Waals surface area contributed by atoms with Gasteiger partial charge in [0.1, 0.15) is 0 Å². The molecule has 0 saturated heterocycles. The van der Waals surface area contributed by atoms with Crippen molar-refractivity contribution in [2.45, 2.75) is 26.7 Å². The molecule has 0 fully saturated rings. The predicted octanol–water partition coefficient (Wildman–Crippen LogP) is 3.50. The fourth-order valence-corrected chi connectivity index (χ4v) is 2.22. The van der Waals surface area contributed by atoms with Crippen molar-refractivity contribution in [3.63, 3.8) is 0 Å². The van der Waals surface area contributed by atoms with E-state index in [4.69, 9.17) is 10.5 Å². The summed E-state index contributed by atoms with van der Waals surface area (Å²) >= 11 is 0. The average Bonchev–Trinajstić information content (AvgIpc) is 2.55. The highest BCUT2D eigenvalue weighted by Crippen LogP contribution is 2.18. The molecule has 0 saturated carbocycles. The van der Waals surface area contributed by atoms with Gasteiger partial charge in [-0.25, -0.2) is 4.79 Å². The largest absolute Gasteiger partial charge is 0.452 e. The first kappa shape index (κ1) is 17.5. The molecule has 2 aromatic carbocycles. The van der Waals surface area contributed by atoms with Gasteiger partial charge < -0.3 is 15.8 Å². The maximum atomic E-state index is 12.0. The molecular formula is C19H22N2O3. The lowest BCUT2D eigenvalue weighted by Crippen LogP contribution is -2.21. The van der Waals surface area contributed by atoms with Gasteiger partial charge in [-0.1, -0.05) is 38.1 Å². The molecule has 5 heteroatoms. The predicted molar refractivity (Wildman–Crippen MR) is 95.0 cm³/mol. The van der Waals surface area contributed by atoms with Crippen molar-refractivity contribution in [1.29, 1.82) is 0 Å². The summed E-state index contributed by atoms with van der Waals surface area (Å²) in [5, 5.41) is 2.69. The Balaban J connectivity index is 1.91. The van der Waals surface area contributed by atoms with Crippen LogP contribution >= 0.6 is 0 Å². The number of amides is 1. The summed E-state index contributed by atoms with van der Waals surface area (Å²) < 4.78 is 5.03. The van der Waals surface area contributed by atoms with Crippen LogP contribution in [0.3, 0.4) is 0 Å². The third kappa shape index (κ3) is 4.35. The maximum Gasteiger partial charge on any atom is 0.340 e. The van der Waals surface area contributed by atoms with Crippen molar-refractivity contribution in [3.05, 3.63) is 59.2 Å². The zero-order chi connectivity index (χ0) is 17.7. The number of esters is 1. The van der Waals surface area contributed by atoms with Crippen LogP contribution in [0.4, 0.5) is 11.4 Å². The van der Waals surface area contributed by atoms with E-state index in [2.05, 4.69) is 19.2 Å². The molecule has 1 amide bonds. The van der Waals surface area contributed by atoms with E-state index in [0.717, 1.165) is 5.56 Å². The number of anilines is 2. The van der Waals surface area contributed by atoms with E-state index in [1.807, 2.05) is 24.3 Å². The van der Waals surface area contributed by atoms with Crippen molar-refractivity contribution in [2.24, 2.45) is 0 Å². The van der Waals surface area contributed by atoms with Gasteiger partial charge in [0.15, 0.2) is 6.61 Å². The van der Waals surface area contributed by atoms with Gasteiger partial charge in [0.05, 0.1) is 5.56 Å². The van der Waals surface area contributed by atoms with Crippen molar-refractivity contribution in [1.82, 2.24) is 0 Å². The lowest BCUT2D eigenvalue weighted by molar-refractivity contribution is -0.119. The standard InChI is InChI=1S/C19H22N2O3/c1-12(2)14-7-9-15(10-8-14)21-17(22)11-24-19(23)16-6-4-5-13(3)18(16)20/h4-10,12H,11,20H2,1-3H3,(H,21,22). The van der Waals surface area contributed by atoms with E-state index >= 15 is 0 Å². The van der Waals surface area contributed by atoms with Gasteiger partial charge >= 0.3 is 5.97 Å². The van der Waals surface area contributed by atoms with Crippen LogP contribution in [0.2, 0.25) is 0 Å². The van der Waals surface area contributed by atoms with E-state index in [1.165, 1.54) is 5.56 Å². The number of aryl methyl sites for hydroxylation is 1. The highest BCUT2D eigenvalue weighted by Gasteiger charge is 2.14. The maximum absolute atomic E-state index is 12.0. The summed E-state index contributed by atoms with van der Waals surface area (Å²) in [4.78, 5) is 23.9. The number of nitrogen functional groups attached to an aromatic ring is 1. The number of para-hydroxylation sites is 1. The SMILES string of the molecule is Cc1cccc(C(=O)OCC(=O)Nc2ccc(C(C)C)cc2)c1N. The Morgan fingerprint density at radius 1 is 1.12 bits per heavy atom. The normalized spacial score (nSPS) is 10.5. The zero-order valence-electron chi connectivity index (χ0n) is 14.1. The molecule has 5 nitrogen and oxygen atoms in total. The van der Waals surface area contributed by atoms with Gasteiger partial charge in [0, 0.05) is 11.4 Å². The third-order valence-electron chi connectivity index (χ3n) is 3.74. The summed E-state index contributed by atoms with van der Waals surface area (Å²) in [7, 11) is 0. The van der Waals surface area contributed by atoms with Crippen molar-refractivity contribution >= 4 is 23.3 Å². The summed E-state index contributed by atoms with van der Waals surface area (Å²) in [6.45, 7) is 5.64. The number of carbonyl (C=O) groups is 2. The summed E-state index contributed by atoms with van der Waals surface area (Å²) in [5.41, 5.74) is 9.13. The highest BCUT2D eigenvalue weighted by molar-refractivity contribution is 5.98. The topological polar surface area (TPSA) is 81.4 Å². The van der Waals surface area contributed by atoms with Crippen LogP contribution in [-0.4, -0.2) is 18.5 Å². The lowest BCUT2D eigenvalue weighted by atomic mass is 10.0. The minimum atomic E-state index is -0.610. The van der Waals surface area contributed by atoms with Crippen molar-refractivity contribution in [3.8, 4) is 0 Å². The number of rotatable bonds is 5. The monoisotopic (exact) mass is 326 g/mol. The summed E-state index contributed by atoms with van der Waals surface area (Å²) in [6.07, 6.45) is 0. The smallest absolute Gasteiger partial charge is 0.340 e. The number of hydrogen-bond acceptors (Lipinski definition) is 4. The number of hydrogen-bond donors (Lipinski definition) is 2. The molecule has 0 radical (unpaired) electrons. The Labute approximate surface area is 141 Å². The average molecular weight is 326 g/mol. The molecule has 0 unspecified atom stereocenters. The third-order valence-corrected chi connectivity index (χ3v) is 3.74. The van der Waals surface area contributed by atoms with Crippen LogP contribution in [0.5, 0.6) is 0 Å². The molecule has 0 aliphatic heterocycles. The van der Waals surface area contributed by atoms with Gasteiger partial charge in [0.2, 0.25) is 0 Å². The number of nitrogens with one attached hydrogen (secondary N) is 1. The van der Waals surface area contributed by atoms with Gasteiger partial charge in [-0.15, -0.1) is 0 Å². The van der Waals surface area contributed by atoms with Crippen LogP contribution in [0.1, 0.15) is 41.3 Å². The number of benzene rings is 2. The van der Waals surface area contributed by atoms with E-state index in [1.54, 1.807) is 25.1 Å². The fraction of sp³-hybridized carbons (Fsp3) is 0.263. The number of ether oxygens (including phenoxy) is 1. The van der Waals surface area contributed by atoms with E-state index < -0.39 is 11.9 Å². The second kappa shape index (κ2) is 7.64. The molecule has 0 atom stereocenters. The van der Waals surface area contributed by atoms with Gasteiger partial charge in [-0.2, -0.15) is 0 Å². The molecule has 2 aromatic rings. The second-order valence-corrected chi connectivity index (χ2v) is 5.94. The molecule has 0 spiro atoms. The molecule has 24 heavy (non-hydrogen) atoms. The van der Waals surface area contributed by atoms with E-state index in [-0.39, 0.29) is 12.2 Å². The molecule has 2 rings (SSSR count). The summed E-state index contributed by atoms with van der Waals surface area (Å²) in [5.74, 6) is -0.580. The quantitative estimate of drug-likeness (QED) is 0.651. The lowest BCUT2D eigenvalue weighted by Gasteiger charge is -2.10. The van der Waals surface area contributed by atoms with E-state index in [0.29, 0.717) is 17.3 Å². The molecule has 3 N–H and O–H groups in total. The van der Waals surface area contributed by atoms with Gasteiger partial charge in [0.25, 0.3) is 5.91 Å².